The molecule has 1 saturated heterocycles. The number of benzene rings is 1. The number of piperidine rings is 1. The molecule has 0 saturated carbocycles. The number of hydrogen-bond donors (Lipinski definition) is 0. The minimum atomic E-state index is -3.72. The Bertz CT molecular complexity index is 953. The second kappa shape index (κ2) is 7.32. The van der Waals surface area contributed by atoms with Crippen molar-refractivity contribution in [3.05, 3.63) is 47.7 Å². The van der Waals surface area contributed by atoms with Gasteiger partial charge in [0.25, 0.3) is 15.9 Å². The molecular formula is C18H19N3O4S. The molecule has 7 nitrogen and oxygen atoms in total. The monoisotopic (exact) mass is 373 g/mol. The van der Waals surface area contributed by atoms with Gasteiger partial charge in [0.1, 0.15) is 0 Å². The Hall–Kier alpha value is -2.63. The van der Waals surface area contributed by atoms with Gasteiger partial charge in [0.15, 0.2) is 5.76 Å². The lowest BCUT2D eigenvalue weighted by molar-refractivity contribution is 0.0961. The highest BCUT2D eigenvalue weighted by atomic mass is 32.2. The molecule has 1 amide bonds. The van der Waals surface area contributed by atoms with E-state index in [1.54, 1.807) is 31.3 Å². The molecule has 26 heavy (non-hydrogen) atoms. The van der Waals surface area contributed by atoms with Crippen molar-refractivity contribution in [3.63, 3.8) is 0 Å². The van der Waals surface area contributed by atoms with E-state index in [0.717, 1.165) is 19.3 Å². The first-order valence-electron chi connectivity index (χ1n) is 8.31. The van der Waals surface area contributed by atoms with Crippen LogP contribution >= 0.6 is 0 Å². The highest BCUT2D eigenvalue weighted by Crippen LogP contribution is 2.24. The standard InChI is InChI=1S/C18H19N3O4S/c1-20(15-7-5-6-14(12-15)13-19)18(22)16-8-9-17(25-16)26(23,24)21-10-3-2-4-11-21/h5-9,12H,2-4,10-11H2,1H3. The number of rotatable bonds is 4. The largest absolute Gasteiger partial charge is 0.438 e. The van der Waals surface area contributed by atoms with Crippen molar-refractivity contribution >= 4 is 21.6 Å². The summed E-state index contributed by atoms with van der Waals surface area (Å²) in [5.74, 6) is -0.550. The van der Waals surface area contributed by atoms with Gasteiger partial charge >= 0.3 is 0 Å². The van der Waals surface area contributed by atoms with Gasteiger partial charge in [0, 0.05) is 25.8 Å². The molecule has 136 valence electrons. The molecule has 2 aromatic rings. The van der Waals surface area contributed by atoms with Crippen LogP contribution in [0.4, 0.5) is 5.69 Å². The van der Waals surface area contributed by atoms with Crippen LogP contribution in [0.1, 0.15) is 35.4 Å². The van der Waals surface area contributed by atoms with Gasteiger partial charge in [-0.1, -0.05) is 12.5 Å². The third kappa shape index (κ3) is 3.49. The van der Waals surface area contributed by atoms with E-state index >= 15 is 0 Å². The van der Waals surface area contributed by atoms with Crippen LogP contribution in [0.3, 0.4) is 0 Å². The van der Waals surface area contributed by atoms with Gasteiger partial charge in [-0.3, -0.25) is 4.79 Å². The Labute approximate surface area is 152 Å². The Kier molecular flexibility index (Phi) is 5.11. The number of furan rings is 1. The molecule has 0 atom stereocenters. The summed E-state index contributed by atoms with van der Waals surface area (Å²) in [4.78, 5) is 13.9. The lowest BCUT2D eigenvalue weighted by atomic mass is 10.2. The molecule has 0 unspecified atom stereocenters. The zero-order valence-electron chi connectivity index (χ0n) is 14.4. The number of hydrogen-bond acceptors (Lipinski definition) is 5. The van der Waals surface area contributed by atoms with Gasteiger partial charge < -0.3 is 9.32 Å². The fraction of sp³-hybridized carbons (Fsp3) is 0.333. The highest BCUT2D eigenvalue weighted by molar-refractivity contribution is 7.89. The number of sulfonamides is 1. The molecular weight excluding hydrogens is 354 g/mol. The molecule has 1 fully saturated rings. The topological polar surface area (TPSA) is 94.6 Å². The maximum absolute atomic E-state index is 12.6. The van der Waals surface area contributed by atoms with Crippen molar-refractivity contribution < 1.29 is 17.6 Å². The minimum absolute atomic E-state index is 0.0644. The third-order valence-electron chi connectivity index (χ3n) is 4.37. The maximum Gasteiger partial charge on any atom is 0.293 e. The summed E-state index contributed by atoms with van der Waals surface area (Å²) in [5, 5.41) is 8.75. The molecule has 0 aliphatic carbocycles. The summed E-state index contributed by atoms with van der Waals surface area (Å²) in [6, 6.07) is 11.3. The fourth-order valence-electron chi connectivity index (χ4n) is 2.87. The predicted molar refractivity (Wildman–Crippen MR) is 95.2 cm³/mol. The third-order valence-corrected chi connectivity index (χ3v) is 6.14. The molecule has 2 heterocycles. The van der Waals surface area contributed by atoms with E-state index in [0.29, 0.717) is 24.3 Å². The molecule has 1 aromatic heterocycles. The Morgan fingerprint density at radius 2 is 1.92 bits per heavy atom. The average Bonchev–Trinajstić information content (AvgIpc) is 3.18. The lowest BCUT2D eigenvalue weighted by Crippen LogP contribution is -2.35. The second-order valence-corrected chi connectivity index (χ2v) is 7.98. The molecule has 0 radical (unpaired) electrons. The van der Waals surface area contributed by atoms with Crippen LogP contribution in [-0.4, -0.2) is 38.8 Å². The van der Waals surface area contributed by atoms with Gasteiger partial charge in [-0.05, 0) is 43.2 Å². The first-order chi connectivity index (χ1) is 12.4. The van der Waals surface area contributed by atoms with Crippen molar-refractivity contribution in [2.45, 2.75) is 24.4 Å². The number of amides is 1. The van der Waals surface area contributed by atoms with Gasteiger partial charge in [-0.15, -0.1) is 0 Å². The lowest BCUT2D eigenvalue weighted by Gasteiger charge is -2.24. The van der Waals surface area contributed by atoms with Crippen LogP contribution in [0.5, 0.6) is 0 Å². The normalized spacial score (nSPS) is 15.4. The van der Waals surface area contributed by atoms with Crippen LogP contribution < -0.4 is 4.90 Å². The fourth-order valence-corrected chi connectivity index (χ4v) is 4.30. The predicted octanol–water partition coefficient (Wildman–Crippen LogP) is 2.60. The Balaban J connectivity index is 1.82. The van der Waals surface area contributed by atoms with E-state index in [2.05, 4.69) is 0 Å². The summed E-state index contributed by atoms with van der Waals surface area (Å²) in [7, 11) is -2.18. The molecule has 0 bridgehead atoms. The van der Waals surface area contributed by atoms with Crippen LogP contribution in [0.2, 0.25) is 0 Å². The van der Waals surface area contributed by atoms with Crippen LogP contribution in [0.25, 0.3) is 0 Å². The van der Waals surface area contributed by atoms with Crippen LogP contribution in [0.15, 0.2) is 45.9 Å². The van der Waals surface area contributed by atoms with Crippen molar-refractivity contribution in [1.29, 1.82) is 5.26 Å². The molecule has 0 N–H and O–H groups in total. The number of nitriles is 1. The Morgan fingerprint density at radius 1 is 1.19 bits per heavy atom. The first kappa shape index (κ1) is 18.2. The summed E-state index contributed by atoms with van der Waals surface area (Å²) in [6.07, 6.45) is 2.66. The summed E-state index contributed by atoms with van der Waals surface area (Å²) >= 11 is 0. The molecule has 3 rings (SSSR count). The quantitative estimate of drug-likeness (QED) is 0.821. The maximum atomic E-state index is 12.6. The summed E-state index contributed by atoms with van der Waals surface area (Å²) in [6.45, 7) is 0.931. The smallest absolute Gasteiger partial charge is 0.293 e. The van der Waals surface area contributed by atoms with Gasteiger partial charge in [-0.25, -0.2) is 8.42 Å². The highest BCUT2D eigenvalue weighted by Gasteiger charge is 2.30. The number of anilines is 1. The van der Waals surface area contributed by atoms with Crippen LogP contribution in [-0.2, 0) is 10.0 Å². The molecule has 1 aromatic carbocycles. The number of carbonyl (C=O) groups is 1. The molecule has 8 heteroatoms. The van der Waals surface area contributed by atoms with Gasteiger partial charge in [0.05, 0.1) is 11.6 Å². The number of carbonyl (C=O) groups excluding carboxylic acids is 1. The van der Waals surface area contributed by atoms with Crippen molar-refractivity contribution in [3.8, 4) is 6.07 Å². The molecule has 0 spiro atoms. The van der Waals surface area contributed by atoms with E-state index in [1.165, 1.54) is 21.3 Å². The van der Waals surface area contributed by atoms with E-state index in [4.69, 9.17) is 9.68 Å². The first-order valence-corrected chi connectivity index (χ1v) is 9.76. The average molecular weight is 373 g/mol. The SMILES string of the molecule is CN(C(=O)c1ccc(S(=O)(=O)N2CCCCC2)o1)c1cccc(C#N)c1. The summed E-state index contributed by atoms with van der Waals surface area (Å²) < 4.78 is 32.0. The van der Waals surface area contributed by atoms with Crippen molar-refractivity contribution in [1.82, 2.24) is 4.31 Å². The van der Waals surface area contributed by atoms with E-state index in [1.807, 2.05) is 6.07 Å². The summed E-state index contributed by atoms with van der Waals surface area (Å²) in [5.41, 5.74) is 0.945. The zero-order chi connectivity index (χ0) is 18.7. The molecule has 1 aliphatic heterocycles. The van der Waals surface area contributed by atoms with Gasteiger partial charge in [-0.2, -0.15) is 9.57 Å². The van der Waals surface area contributed by atoms with E-state index in [9.17, 15) is 13.2 Å². The second-order valence-electron chi connectivity index (χ2n) is 6.11. The van der Waals surface area contributed by atoms with Crippen LogP contribution in [0, 0.1) is 11.3 Å². The van der Waals surface area contributed by atoms with E-state index < -0.39 is 15.9 Å². The zero-order valence-corrected chi connectivity index (χ0v) is 15.2. The van der Waals surface area contributed by atoms with Crippen molar-refractivity contribution in [2.24, 2.45) is 0 Å². The number of nitrogens with zero attached hydrogens (tertiary/aromatic N) is 3. The Morgan fingerprint density at radius 3 is 2.62 bits per heavy atom. The minimum Gasteiger partial charge on any atom is -0.438 e. The van der Waals surface area contributed by atoms with E-state index in [-0.39, 0.29) is 10.9 Å². The molecule has 1 aliphatic rings. The van der Waals surface area contributed by atoms with Crippen molar-refractivity contribution in [2.75, 3.05) is 25.0 Å². The van der Waals surface area contributed by atoms with Gasteiger partial charge in [0.2, 0.25) is 5.09 Å².